The molecule has 2 aromatic rings. The largest absolute Gasteiger partial charge is 1.00 e. The van der Waals surface area contributed by atoms with Crippen LogP contribution in [0.1, 0.15) is 103 Å². The fourth-order valence-electron chi connectivity index (χ4n) is 3.72. The molecule has 0 aliphatic heterocycles. The second-order valence-electron chi connectivity index (χ2n) is 8.19. The van der Waals surface area contributed by atoms with Crippen LogP contribution in [0.25, 0.3) is 17.1 Å². The second-order valence-corrected chi connectivity index (χ2v) is 9.57. The Bertz CT molecular complexity index is 878. The molecule has 0 unspecified atom stereocenters. The van der Waals surface area contributed by atoms with E-state index < -0.39 is 10.1 Å². The van der Waals surface area contributed by atoms with Gasteiger partial charge in [-0.1, -0.05) is 90.0 Å². The second kappa shape index (κ2) is 16.0. The number of allylic oxidation sites excluding steroid dienone is 1. The van der Waals surface area contributed by atoms with E-state index in [-0.39, 0.29) is 34.5 Å². The number of hydrogen-bond acceptors (Lipinski definition) is 4. The SMILES string of the molecule is CCCCCCCCCCCCCCCC=Cc1nc2ccc(S(=O)(=O)[O-])cc2[nH]1.[Na+]. The fourth-order valence-corrected chi connectivity index (χ4v) is 4.21. The van der Waals surface area contributed by atoms with Gasteiger partial charge in [0.2, 0.25) is 0 Å². The molecule has 31 heavy (non-hydrogen) atoms. The van der Waals surface area contributed by atoms with Crippen LogP contribution in [-0.2, 0) is 10.1 Å². The summed E-state index contributed by atoms with van der Waals surface area (Å²) >= 11 is 0. The zero-order chi connectivity index (χ0) is 21.7. The maximum Gasteiger partial charge on any atom is 1.00 e. The van der Waals surface area contributed by atoms with Crippen molar-refractivity contribution in [3.8, 4) is 0 Å². The number of unbranched alkanes of at least 4 members (excludes halogenated alkanes) is 13. The summed E-state index contributed by atoms with van der Waals surface area (Å²) in [6, 6.07) is 4.20. The molecule has 168 valence electrons. The van der Waals surface area contributed by atoms with E-state index in [4.69, 9.17) is 0 Å². The van der Waals surface area contributed by atoms with E-state index in [1.54, 1.807) is 6.07 Å². The van der Waals surface area contributed by atoms with E-state index in [0.717, 1.165) is 6.42 Å². The summed E-state index contributed by atoms with van der Waals surface area (Å²) in [5, 5.41) is 0. The van der Waals surface area contributed by atoms with Crippen LogP contribution in [0.4, 0.5) is 0 Å². The van der Waals surface area contributed by atoms with Crippen LogP contribution in [0.2, 0.25) is 0 Å². The molecule has 1 N–H and O–H groups in total. The summed E-state index contributed by atoms with van der Waals surface area (Å²) in [5.74, 6) is 0.681. The first-order valence-electron chi connectivity index (χ1n) is 11.6. The van der Waals surface area contributed by atoms with Crippen molar-refractivity contribution in [2.45, 2.75) is 102 Å². The first kappa shape index (κ1) is 28.4. The van der Waals surface area contributed by atoms with Gasteiger partial charge in [0.25, 0.3) is 0 Å². The van der Waals surface area contributed by atoms with E-state index in [1.807, 2.05) is 6.08 Å². The number of hydrogen-bond donors (Lipinski definition) is 1. The molecule has 0 saturated carbocycles. The van der Waals surface area contributed by atoms with Crippen molar-refractivity contribution in [3.63, 3.8) is 0 Å². The van der Waals surface area contributed by atoms with Crippen molar-refractivity contribution < 1.29 is 42.5 Å². The Kier molecular flexibility index (Phi) is 14.7. The Balaban J connectivity index is 0.00000480. The van der Waals surface area contributed by atoms with Crippen LogP contribution in [0.15, 0.2) is 29.2 Å². The Morgan fingerprint density at radius 2 is 1.45 bits per heavy atom. The van der Waals surface area contributed by atoms with Gasteiger partial charge >= 0.3 is 29.6 Å². The van der Waals surface area contributed by atoms with Crippen LogP contribution in [0.5, 0.6) is 0 Å². The molecule has 0 radical (unpaired) electrons. The quantitative estimate of drug-likeness (QED) is 0.235. The number of nitrogens with zero attached hydrogens (tertiary/aromatic N) is 1. The Morgan fingerprint density at radius 1 is 0.903 bits per heavy atom. The minimum Gasteiger partial charge on any atom is -0.744 e. The number of nitrogens with one attached hydrogen (secondary N) is 1. The standard InChI is InChI=1S/C24H38N2O3S.Na/c1-2-3-4-5-6-7-8-9-10-11-12-13-14-15-16-17-24-25-22-19-18-21(30(27,28)29)20-23(22)26-24;/h16-20H,2-15H2,1H3,(H,25,26)(H,27,28,29);/q;+1/p-1. The number of fused-ring (bicyclic) bond motifs is 1. The molecular formula is C24H37N2NaO3S. The summed E-state index contributed by atoms with van der Waals surface area (Å²) in [6.45, 7) is 2.27. The predicted octanol–water partition coefficient (Wildman–Crippen LogP) is 3.97. The zero-order valence-corrected chi connectivity index (χ0v) is 22.2. The van der Waals surface area contributed by atoms with Crippen molar-refractivity contribution in [1.29, 1.82) is 0 Å². The van der Waals surface area contributed by atoms with Gasteiger partial charge in [-0.25, -0.2) is 13.4 Å². The Morgan fingerprint density at radius 3 is 2.00 bits per heavy atom. The third kappa shape index (κ3) is 11.7. The molecule has 0 bridgehead atoms. The molecule has 0 fully saturated rings. The van der Waals surface area contributed by atoms with Gasteiger partial charge in [-0.05, 0) is 37.1 Å². The average molecular weight is 457 g/mol. The molecule has 1 aromatic heterocycles. The number of aromatic nitrogens is 2. The van der Waals surface area contributed by atoms with Gasteiger partial charge in [0, 0.05) is 0 Å². The third-order valence-electron chi connectivity index (χ3n) is 5.51. The number of aromatic amines is 1. The zero-order valence-electron chi connectivity index (χ0n) is 19.4. The van der Waals surface area contributed by atoms with Gasteiger partial charge in [0.05, 0.1) is 15.9 Å². The van der Waals surface area contributed by atoms with Crippen molar-refractivity contribution in [2.24, 2.45) is 0 Å². The van der Waals surface area contributed by atoms with E-state index in [0.29, 0.717) is 16.9 Å². The normalized spacial score (nSPS) is 11.9. The Hall–Kier alpha value is -0.660. The first-order valence-corrected chi connectivity index (χ1v) is 13.0. The molecule has 0 spiro atoms. The number of imidazole rings is 1. The minimum absolute atomic E-state index is 0. The van der Waals surface area contributed by atoms with E-state index in [1.165, 1.54) is 95.6 Å². The first-order chi connectivity index (χ1) is 14.5. The third-order valence-corrected chi connectivity index (χ3v) is 6.34. The number of rotatable bonds is 16. The molecule has 0 atom stereocenters. The van der Waals surface area contributed by atoms with E-state index in [2.05, 4.69) is 23.0 Å². The summed E-state index contributed by atoms with van der Waals surface area (Å²) in [4.78, 5) is 7.22. The van der Waals surface area contributed by atoms with Crippen LogP contribution in [-0.4, -0.2) is 22.9 Å². The summed E-state index contributed by atoms with van der Waals surface area (Å²) < 4.78 is 33.3. The smallest absolute Gasteiger partial charge is 0.744 e. The maximum atomic E-state index is 11.1. The molecule has 5 nitrogen and oxygen atoms in total. The molecule has 0 aliphatic carbocycles. The molecule has 7 heteroatoms. The van der Waals surface area contributed by atoms with Gasteiger partial charge in [0.15, 0.2) is 0 Å². The fraction of sp³-hybridized carbons (Fsp3) is 0.625. The van der Waals surface area contributed by atoms with Gasteiger partial charge in [-0.2, -0.15) is 0 Å². The Labute approximate surface area is 210 Å². The van der Waals surface area contributed by atoms with Crippen molar-refractivity contribution in [2.75, 3.05) is 0 Å². The molecule has 1 heterocycles. The van der Waals surface area contributed by atoms with Gasteiger partial charge in [0.1, 0.15) is 15.9 Å². The van der Waals surface area contributed by atoms with E-state index >= 15 is 0 Å². The predicted molar refractivity (Wildman–Crippen MR) is 123 cm³/mol. The van der Waals surface area contributed by atoms with Crippen LogP contribution >= 0.6 is 0 Å². The number of H-pyrrole nitrogens is 1. The van der Waals surface area contributed by atoms with Crippen molar-refractivity contribution in [3.05, 3.63) is 30.1 Å². The van der Waals surface area contributed by atoms with Crippen LogP contribution in [0, 0.1) is 0 Å². The molecule has 2 rings (SSSR count). The van der Waals surface area contributed by atoms with Crippen LogP contribution in [0.3, 0.4) is 0 Å². The van der Waals surface area contributed by atoms with Gasteiger partial charge in [-0.15, -0.1) is 0 Å². The van der Waals surface area contributed by atoms with Gasteiger partial charge < -0.3 is 9.54 Å². The minimum atomic E-state index is -4.44. The maximum absolute atomic E-state index is 11.1. The summed E-state index contributed by atoms with van der Waals surface area (Å²) in [6.07, 6.45) is 22.6. The molecule has 0 aliphatic rings. The molecular weight excluding hydrogens is 419 g/mol. The molecule has 0 amide bonds. The topological polar surface area (TPSA) is 85.9 Å². The van der Waals surface area contributed by atoms with Gasteiger partial charge in [-0.3, -0.25) is 0 Å². The van der Waals surface area contributed by atoms with E-state index in [9.17, 15) is 13.0 Å². The average Bonchev–Trinajstić information content (AvgIpc) is 3.12. The van der Waals surface area contributed by atoms with Crippen LogP contribution < -0.4 is 29.6 Å². The van der Waals surface area contributed by atoms with Crippen molar-refractivity contribution >= 4 is 27.2 Å². The van der Waals surface area contributed by atoms with Crippen molar-refractivity contribution in [1.82, 2.24) is 9.97 Å². The summed E-state index contributed by atoms with van der Waals surface area (Å²) in [5.41, 5.74) is 1.22. The monoisotopic (exact) mass is 456 g/mol. The molecule has 0 saturated heterocycles. The summed E-state index contributed by atoms with van der Waals surface area (Å²) in [7, 11) is -4.44. The molecule has 1 aromatic carbocycles. The number of benzene rings is 1.